The molecule has 0 spiro atoms. The molecule has 21 heavy (non-hydrogen) atoms. The summed E-state index contributed by atoms with van der Waals surface area (Å²) in [5.41, 5.74) is 0. The van der Waals surface area contributed by atoms with Gasteiger partial charge in [0.2, 0.25) is 0 Å². The SMILES string of the molecule is Oc1c(Cl)cc(Cl)cc1Sc1cc(Cl)cc(Cl)c1O.[NaH].[NaH]. The molecule has 2 aromatic carbocycles. The zero-order valence-electron chi connectivity index (χ0n) is 9.12. The van der Waals surface area contributed by atoms with Crippen LogP contribution in [0.2, 0.25) is 20.1 Å². The van der Waals surface area contributed by atoms with Gasteiger partial charge in [-0.25, -0.2) is 0 Å². The van der Waals surface area contributed by atoms with Gasteiger partial charge in [0.05, 0.1) is 19.8 Å². The fourth-order valence-corrected chi connectivity index (χ4v) is 3.61. The van der Waals surface area contributed by atoms with Crippen LogP contribution in [0.3, 0.4) is 0 Å². The zero-order chi connectivity index (χ0) is 14.2. The van der Waals surface area contributed by atoms with Gasteiger partial charge in [0.25, 0.3) is 0 Å². The molecule has 0 amide bonds. The van der Waals surface area contributed by atoms with Crippen molar-refractivity contribution in [1.82, 2.24) is 0 Å². The molecule has 0 saturated carbocycles. The molecule has 0 fully saturated rings. The van der Waals surface area contributed by atoms with Crippen LogP contribution in [0.4, 0.5) is 0 Å². The van der Waals surface area contributed by atoms with Crippen LogP contribution in [0.5, 0.6) is 11.5 Å². The van der Waals surface area contributed by atoms with E-state index >= 15 is 0 Å². The number of rotatable bonds is 2. The number of halogens is 4. The van der Waals surface area contributed by atoms with Crippen molar-refractivity contribution in [2.24, 2.45) is 0 Å². The third kappa shape index (κ3) is 5.84. The maximum absolute atomic E-state index is 9.85. The number of aromatic hydroxyl groups is 2. The molecule has 9 heteroatoms. The monoisotopic (exact) mass is 402 g/mol. The Labute approximate surface area is 190 Å². The van der Waals surface area contributed by atoms with E-state index in [0.29, 0.717) is 19.8 Å². The molecule has 0 atom stereocenters. The summed E-state index contributed by atoms with van der Waals surface area (Å²) >= 11 is 24.4. The van der Waals surface area contributed by atoms with E-state index in [1.807, 2.05) is 0 Å². The van der Waals surface area contributed by atoms with E-state index < -0.39 is 0 Å². The minimum atomic E-state index is -0.119. The molecule has 0 aromatic heterocycles. The molecule has 0 bridgehead atoms. The van der Waals surface area contributed by atoms with E-state index in [2.05, 4.69) is 0 Å². The summed E-state index contributed by atoms with van der Waals surface area (Å²) in [6.45, 7) is 0. The van der Waals surface area contributed by atoms with Gasteiger partial charge in [-0.05, 0) is 24.3 Å². The first-order chi connectivity index (χ1) is 8.88. The predicted molar refractivity (Wildman–Crippen MR) is 94.7 cm³/mol. The van der Waals surface area contributed by atoms with Crippen molar-refractivity contribution in [3.63, 3.8) is 0 Å². The molecule has 0 heterocycles. The number of phenols is 2. The van der Waals surface area contributed by atoms with Crippen LogP contribution in [-0.4, -0.2) is 69.3 Å². The van der Waals surface area contributed by atoms with Crippen LogP contribution in [0.15, 0.2) is 34.1 Å². The molecule has 2 aromatic rings. The Hall–Kier alpha value is 1.55. The third-order valence-electron chi connectivity index (χ3n) is 2.21. The standard InChI is InChI=1S/C12H6Cl4O2S.2Na.2H/c13-5-1-7(15)11(17)9(3-5)19-10-4-6(14)2-8(16)12(10)18;;;;/h1-4,17-18H;;;;. The molecule has 0 aliphatic heterocycles. The van der Waals surface area contributed by atoms with Crippen molar-refractivity contribution in [2.75, 3.05) is 0 Å². The second-order valence-corrected chi connectivity index (χ2v) is 6.34. The summed E-state index contributed by atoms with van der Waals surface area (Å²) in [7, 11) is 0. The summed E-state index contributed by atoms with van der Waals surface area (Å²) in [5.74, 6) is -0.238. The Morgan fingerprint density at radius 1 is 0.667 bits per heavy atom. The Balaban J connectivity index is 0.00000200. The summed E-state index contributed by atoms with van der Waals surface area (Å²) in [4.78, 5) is 0.789. The molecule has 0 radical (unpaired) electrons. The Morgan fingerprint density at radius 2 is 1.00 bits per heavy atom. The Bertz CT molecular complexity index is 600. The van der Waals surface area contributed by atoms with Crippen LogP contribution in [0, 0.1) is 0 Å². The zero-order valence-corrected chi connectivity index (χ0v) is 13.0. The molecule has 2 rings (SSSR count). The first-order valence-corrected chi connectivity index (χ1v) is 7.25. The van der Waals surface area contributed by atoms with E-state index in [4.69, 9.17) is 46.4 Å². The van der Waals surface area contributed by atoms with Gasteiger partial charge in [-0.1, -0.05) is 58.2 Å². The van der Waals surface area contributed by atoms with Crippen LogP contribution < -0.4 is 0 Å². The van der Waals surface area contributed by atoms with Crippen LogP contribution in [0.1, 0.15) is 0 Å². The van der Waals surface area contributed by atoms with Gasteiger partial charge in [-0.15, -0.1) is 0 Å². The molecule has 2 N–H and O–H groups in total. The molecular formula is C12H8Cl4Na2O2S. The van der Waals surface area contributed by atoms with Crippen molar-refractivity contribution in [2.45, 2.75) is 9.79 Å². The van der Waals surface area contributed by atoms with Gasteiger partial charge < -0.3 is 10.2 Å². The number of benzene rings is 2. The predicted octanol–water partition coefficient (Wildman–Crippen LogP) is 4.57. The van der Waals surface area contributed by atoms with Crippen LogP contribution >= 0.6 is 58.2 Å². The van der Waals surface area contributed by atoms with Crippen molar-refractivity contribution in [3.8, 4) is 11.5 Å². The average molecular weight is 404 g/mol. The average Bonchev–Trinajstić information content (AvgIpc) is 2.31. The van der Waals surface area contributed by atoms with Crippen molar-refractivity contribution in [1.29, 1.82) is 0 Å². The number of hydrogen-bond acceptors (Lipinski definition) is 3. The van der Waals surface area contributed by atoms with Crippen molar-refractivity contribution >= 4 is 117 Å². The number of phenolic OH excluding ortho intramolecular Hbond substituents is 2. The van der Waals surface area contributed by atoms with Gasteiger partial charge in [0.1, 0.15) is 11.5 Å². The van der Waals surface area contributed by atoms with Crippen LogP contribution in [-0.2, 0) is 0 Å². The fourth-order valence-electron chi connectivity index (χ4n) is 1.36. The normalized spacial score (nSPS) is 9.71. The molecule has 0 aliphatic carbocycles. The van der Waals surface area contributed by atoms with Crippen LogP contribution in [0.25, 0.3) is 0 Å². The summed E-state index contributed by atoms with van der Waals surface area (Å²) in [6.07, 6.45) is 0. The Morgan fingerprint density at radius 3 is 1.33 bits per heavy atom. The van der Waals surface area contributed by atoms with E-state index in [1.165, 1.54) is 24.3 Å². The second kappa shape index (κ2) is 9.75. The van der Waals surface area contributed by atoms with E-state index in [-0.39, 0.29) is 80.7 Å². The minimum absolute atomic E-state index is 0. The topological polar surface area (TPSA) is 40.5 Å². The summed E-state index contributed by atoms with van der Waals surface area (Å²) in [6, 6.07) is 5.91. The van der Waals surface area contributed by atoms with E-state index in [1.54, 1.807) is 0 Å². The van der Waals surface area contributed by atoms with Gasteiger partial charge >= 0.3 is 59.1 Å². The Kier molecular flexibility index (Phi) is 10.5. The second-order valence-electron chi connectivity index (χ2n) is 3.57. The van der Waals surface area contributed by atoms with E-state index in [9.17, 15) is 10.2 Å². The quantitative estimate of drug-likeness (QED) is 0.722. The molecule has 0 saturated heterocycles. The fraction of sp³-hybridized carbons (Fsp3) is 0. The molecule has 2 nitrogen and oxygen atoms in total. The third-order valence-corrected chi connectivity index (χ3v) is 4.28. The molecular weight excluding hydrogens is 396 g/mol. The van der Waals surface area contributed by atoms with E-state index in [0.717, 1.165) is 11.8 Å². The summed E-state index contributed by atoms with van der Waals surface area (Å²) in [5, 5.41) is 20.7. The maximum atomic E-state index is 9.85. The first-order valence-electron chi connectivity index (χ1n) is 4.92. The van der Waals surface area contributed by atoms with Gasteiger partial charge in [-0.3, -0.25) is 0 Å². The first kappa shape index (κ1) is 22.6. The molecule has 0 unspecified atom stereocenters. The van der Waals surface area contributed by atoms with Crippen molar-refractivity contribution in [3.05, 3.63) is 44.4 Å². The molecule has 0 aliphatic rings. The summed E-state index contributed by atoms with van der Waals surface area (Å²) < 4.78 is 0. The van der Waals surface area contributed by atoms with Gasteiger partial charge in [-0.2, -0.15) is 0 Å². The number of hydrogen-bond donors (Lipinski definition) is 2. The molecule has 104 valence electrons. The van der Waals surface area contributed by atoms with Gasteiger partial charge in [0, 0.05) is 10.0 Å². The van der Waals surface area contributed by atoms with Gasteiger partial charge in [0.15, 0.2) is 0 Å². The van der Waals surface area contributed by atoms with Crippen molar-refractivity contribution < 1.29 is 10.2 Å².